The Morgan fingerprint density at radius 1 is 1.17 bits per heavy atom. The van der Waals surface area contributed by atoms with Crippen molar-refractivity contribution < 1.29 is 4.39 Å². The van der Waals surface area contributed by atoms with Crippen molar-refractivity contribution in [3.05, 3.63) is 35.6 Å². The Balaban J connectivity index is 2.52. The highest BCUT2D eigenvalue weighted by molar-refractivity contribution is 5.20. The minimum Gasteiger partial charge on any atom is -0.315 e. The number of hydrogen-bond acceptors (Lipinski definition) is 2. The van der Waals surface area contributed by atoms with Crippen LogP contribution < -0.4 is 5.32 Å². The van der Waals surface area contributed by atoms with Crippen LogP contribution in [0.15, 0.2) is 24.3 Å². The van der Waals surface area contributed by atoms with Gasteiger partial charge in [-0.25, -0.2) is 4.39 Å². The zero-order chi connectivity index (χ0) is 13.5. The van der Waals surface area contributed by atoms with Gasteiger partial charge < -0.3 is 10.2 Å². The van der Waals surface area contributed by atoms with Crippen LogP contribution in [0.1, 0.15) is 31.9 Å². The lowest BCUT2D eigenvalue weighted by Gasteiger charge is -2.25. The van der Waals surface area contributed by atoms with E-state index in [1.165, 1.54) is 18.6 Å². The molecule has 2 nitrogen and oxygen atoms in total. The Labute approximate surface area is 110 Å². The lowest BCUT2D eigenvalue weighted by molar-refractivity contribution is 0.287. The quantitative estimate of drug-likeness (QED) is 0.750. The highest BCUT2D eigenvalue weighted by atomic mass is 19.1. The molecule has 0 spiro atoms. The topological polar surface area (TPSA) is 15.3 Å². The molecule has 1 unspecified atom stereocenters. The number of halogens is 1. The van der Waals surface area contributed by atoms with Gasteiger partial charge in [0, 0.05) is 12.6 Å². The maximum absolute atomic E-state index is 12.9. The number of nitrogens with zero attached hydrogens (tertiary/aromatic N) is 1. The molecule has 0 radical (unpaired) electrons. The molecule has 1 aromatic carbocycles. The Hall–Kier alpha value is -0.930. The summed E-state index contributed by atoms with van der Waals surface area (Å²) in [6.45, 7) is 6.38. The Morgan fingerprint density at radius 3 is 2.28 bits per heavy atom. The average molecular weight is 252 g/mol. The molecule has 1 aromatic rings. The molecule has 18 heavy (non-hydrogen) atoms. The first-order chi connectivity index (χ1) is 8.50. The molecule has 0 saturated carbocycles. The van der Waals surface area contributed by atoms with Gasteiger partial charge in [0.1, 0.15) is 5.82 Å². The average Bonchev–Trinajstić information content (AvgIpc) is 2.30. The third-order valence-electron chi connectivity index (χ3n) is 3.11. The van der Waals surface area contributed by atoms with E-state index in [0.29, 0.717) is 0 Å². The van der Waals surface area contributed by atoms with Gasteiger partial charge in [0.2, 0.25) is 0 Å². The van der Waals surface area contributed by atoms with Crippen LogP contribution in [0.4, 0.5) is 4.39 Å². The van der Waals surface area contributed by atoms with Gasteiger partial charge in [-0.3, -0.25) is 0 Å². The van der Waals surface area contributed by atoms with Crippen LogP contribution in [-0.2, 0) is 0 Å². The fourth-order valence-corrected chi connectivity index (χ4v) is 1.91. The maximum Gasteiger partial charge on any atom is 0.123 e. The van der Waals surface area contributed by atoms with Crippen LogP contribution in [0.2, 0.25) is 0 Å². The number of hydrogen-bond donors (Lipinski definition) is 1. The number of nitrogens with one attached hydrogen (secondary N) is 1. The predicted octanol–water partition coefficient (Wildman–Crippen LogP) is 3.06. The second-order valence-electron chi connectivity index (χ2n) is 5.42. The SMILES string of the molecule is CC(C)CCNCC(c1ccc(F)cc1)N(C)C. The molecule has 0 aromatic heterocycles. The minimum absolute atomic E-state index is 0.177. The van der Waals surface area contributed by atoms with Crippen LogP contribution >= 0.6 is 0 Å². The fraction of sp³-hybridized carbons (Fsp3) is 0.600. The number of likely N-dealkylation sites (N-methyl/N-ethyl adjacent to an activating group) is 1. The summed E-state index contributed by atoms with van der Waals surface area (Å²) in [6.07, 6.45) is 1.18. The van der Waals surface area contributed by atoms with Crippen molar-refractivity contribution in [2.24, 2.45) is 5.92 Å². The zero-order valence-corrected chi connectivity index (χ0v) is 11.9. The smallest absolute Gasteiger partial charge is 0.123 e. The molecule has 102 valence electrons. The Bertz CT molecular complexity index is 333. The van der Waals surface area contributed by atoms with E-state index in [1.54, 1.807) is 0 Å². The van der Waals surface area contributed by atoms with Gasteiger partial charge >= 0.3 is 0 Å². The van der Waals surface area contributed by atoms with Gasteiger partial charge in [-0.15, -0.1) is 0 Å². The minimum atomic E-state index is -0.177. The Kier molecular flexibility index (Phi) is 6.30. The number of benzene rings is 1. The molecule has 0 aliphatic carbocycles. The summed E-state index contributed by atoms with van der Waals surface area (Å²) in [4.78, 5) is 2.16. The largest absolute Gasteiger partial charge is 0.315 e. The second kappa shape index (κ2) is 7.49. The highest BCUT2D eigenvalue weighted by Gasteiger charge is 2.13. The van der Waals surface area contributed by atoms with Crippen molar-refractivity contribution in [1.82, 2.24) is 10.2 Å². The van der Waals surface area contributed by atoms with Crippen LogP contribution in [0.25, 0.3) is 0 Å². The van der Waals surface area contributed by atoms with Crippen molar-refractivity contribution in [2.75, 3.05) is 27.2 Å². The van der Waals surface area contributed by atoms with E-state index in [-0.39, 0.29) is 11.9 Å². The molecule has 0 saturated heterocycles. The summed E-state index contributed by atoms with van der Waals surface area (Å²) in [5.41, 5.74) is 1.15. The van der Waals surface area contributed by atoms with E-state index in [9.17, 15) is 4.39 Å². The van der Waals surface area contributed by atoms with Gasteiger partial charge in [-0.2, -0.15) is 0 Å². The lowest BCUT2D eigenvalue weighted by atomic mass is 10.1. The van der Waals surface area contributed by atoms with E-state index in [4.69, 9.17) is 0 Å². The van der Waals surface area contributed by atoms with Crippen LogP contribution in [-0.4, -0.2) is 32.1 Å². The van der Waals surface area contributed by atoms with Gasteiger partial charge in [0.05, 0.1) is 0 Å². The van der Waals surface area contributed by atoms with Gasteiger partial charge in [0.15, 0.2) is 0 Å². The van der Waals surface area contributed by atoms with Gasteiger partial charge in [-0.05, 0) is 50.7 Å². The van der Waals surface area contributed by atoms with E-state index in [0.717, 1.165) is 24.6 Å². The molecule has 1 atom stereocenters. The van der Waals surface area contributed by atoms with E-state index < -0.39 is 0 Å². The Morgan fingerprint density at radius 2 is 1.78 bits per heavy atom. The molecule has 0 amide bonds. The molecule has 0 bridgehead atoms. The van der Waals surface area contributed by atoms with E-state index in [1.807, 2.05) is 12.1 Å². The first-order valence-electron chi connectivity index (χ1n) is 6.63. The van der Waals surface area contributed by atoms with Gasteiger partial charge in [0.25, 0.3) is 0 Å². The standard InChI is InChI=1S/C15H25FN2/c1-12(2)9-10-17-11-15(18(3)4)13-5-7-14(16)8-6-13/h5-8,12,15,17H,9-11H2,1-4H3. The predicted molar refractivity (Wildman–Crippen MR) is 75.2 cm³/mol. The second-order valence-corrected chi connectivity index (χ2v) is 5.42. The summed E-state index contributed by atoms with van der Waals surface area (Å²) in [5, 5.41) is 3.48. The summed E-state index contributed by atoms with van der Waals surface area (Å²) in [5.74, 6) is 0.546. The first-order valence-corrected chi connectivity index (χ1v) is 6.63. The van der Waals surface area contributed by atoms with Crippen LogP contribution in [0.5, 0.6) is 0 Å². The molecular formula is C15H25FN2. The van der Waals surface area contributed by atoms with Crippen molar-refractivity contribution in [3.8, 4) is 0 Å². The van der Waals surface area contributed by atoms with E-state index in [2.05, 4.69) is 38.2 Å². The van der Waals surface area contributed by atoms with Crippen molar-refractivity contribution in [3.63, 3.8) is 0 Å². The zero-order valence-electron chi connectivity index (χ0n) is 11.9. The first kappa shape index (κ1) is 15.1. The van der Waals surface area contributed by atoms with Crippen LogP contribution in [0, 0.1) is 11.7 Å². The molecule has 0 aliphatic heterocycles. The van der Waals surface area contributed by atoms with Crippen molar-refractivity contribution >= 4 is 0 Å². The van der Waals surface area contributed by atoms with Gasteiger partial charge in [-0.1, -0.05) is 26.0 Å². The normalized spacial score (nSPS) is 13.3. The molecule has 0 heterocycles. The van der Waals surface area contributed by atoms with Crippen molar-refractivity contribution in [1.29, 1.82) is 0 Å². The van der Waals surface area contributed by atoms with Crippen molar-refractivity contribution in [2.45, 2.75) is 26.3 Å². The highest BCUT2D eigenvalue weighted by Crippen LogP contribution is 2.17. The van der Waals surface area contributed by atoms with E-state index >= 15 is 0 Å². The molecule has 3 heteroatoms. The molecule has 1 rings (SSSR count). The fourth-order valence-electron chi connectivity index (χ4n) is 1.91. The monoisotopic (exact) mass is 252 g/mol. The molecule has 0 aliphatic rings. The summed E-state index contributed by atoms with van der Waals surface area (Å²) in [7, 11) is 4.11. The molecule has 1 N–H and O–H groups in total. The molecule has 0 fully saturated rings. The third-order valence-corrected chi connectivity index (χ3v) is 3.11. The summed E-state index contributed by atoms with van der Waals surface area (Å²) in [6, 6.07) is 7.08. The summed E-state index contributed by atoms with van der Waals surface area (Å²) < 4.78 is 12.9. The molecular weight excluding hydrogens is 227 g/mol. The maximum atomic E-state index is 12.9. The third kappa shape index (κ3) is 5.15. The van der Waals surface area contributed by atoms with Crippen LogP contribution in [0.3, 0.4) is 0 Å². The summed E-state index contributed by atoms with van der Waals surface area (Å²) >= 11 is 0. The lowest BCUT2D eigenvalue weighted by Crippen LogP contribution is -2.31. The number of rotatable bonds is 7.